The molecule has 0 aromatic heterocycles. The van der Waals surface area contributed by atoms with Crippen molar-refractivity contribution in [2.75, 3.05) is 20.0 Å². The molecule has 1 saturated heterocycles. The van der Waals surface area contributed by atoms with Crippen molar-refractivity contribution in [3.05, 3.63) is 59.7 Å². The summed E-state index contributed by atoms with van der Waals surface area (Å²) in [6, 6.07) is 11.9. The highest BCUT2D eigenvalue weighted by Gasteiger charge is 2.45. The van der Waals surface area contributed by atoms with Gasteiger partial charge in [0.15, 0.2) is 12.2 Å². The van der Waals surface area contributed by atoms with Crippen molar-refractivity contribution in [3.63, 3.8) is 0 Å². The summed E-state index contributed by atoms with van der Waals surface area (Å²) in [6.45, 7) is 3.99. The minimum atomic E-state index is -4.23. The molecular formula is C25H30O12S2. The van der Waals surface area contributed by atoms with E-state index in [4.69, 9.17) is 27.3 Å². The second-order valence-corrected chi connectivity index (χ2v) is 12.0. The SMILES string of the molecule is CC(=O)O[C@H]1[C@H](OC(C)=O)[C@H](COS(=O)(=O)c2ccc(C)cc2)OCO[C@H]1COS(=O)(=O)c1ccc(C)cc1. The fourth-order valence-electron chi connectivity index (χ4n) is 3.64. The van der Waals surface area contributed by atoms with E-state index in [1.807, 2.05) is 0 Å². The molecule has 1 heterocycles. The Bertz CT molecular complexity index is 1250. The van der Waals surface area contributed by atoms with Crippen LogP contribution in [0.2, 0.25) is 0 Å². The maximum Gasteiger partial charge on any atom is 0.303 e. The number of hydrogen-bond acceptors (Lipinski definition) is 12. The second kappa shape index (κ2) is 13.0. The molecule has 1 aliphatic rings. The van der Waals surface area contributed by atoms with Gasteiger partial charge in [-0.25, -0.2) is 0 Å². The minimum Gasteiger partial charge on any atom is -0.456 e. The van der Waals surface area contributed by atoms with Crippen LogP contribution < -0.4 is 0 Å². The molecule has 4 atom stereocenters. The topological polar surface area (TPSA) is 158 Å². The first-order valence-electron chi connectivity index (χ1n) is 11.8. The van der Waals surface area contributed by atoms with Crippen LogP contribution in [0.25, 0.3) is 0 Å². The Morgan fingerprint density at radius 1 is 0.692 bits per heavy atom. The first-order chi connectivity index (χ1) is 18.3. The van der Waals surface area contributed by atoms with Crippen molar-refractivity contribution < 1.29 is 53.7 Å². The first-order valence-corrected chi connectivity index (χ1v) is 14.6. The molecule has 1 aliphatic heterocycles. The molecule has 39 heavy (non-hydrogen) atoms. The number of benzene rings is 2. The predicted molar refractivity (Wildman–Crippen MR) is 134 cm³/mol. The molecule has 12 nitrogen and oxygen atoms in total. The Kier molecular flexibility index (Phi) is 10.2. The van der Waals surface area contributed by atoms with Crippen molar-refractivity contribution >= 4 is 32.2 Å². The summed E-state index contributed by atoms with van der Waals surface area (Å²) in [5, 5.41) is 0. The summed E-state index contributed by atoms with van der Waals surface area (Å²) in [7, 11) is -8.46. The van der Waals surface area contributed by atoms with Gasteiger partial charge in [-0.2, -0.15) is 16.8 Å². The van der Waals surface area contributed by atoms with E-state index < -0.39 is 76.6 Å². The standard InChI is InChI=1S/C25H30O12S2/c1-16-5-9-20(10-6-16)38(28,29)34-13-22-24(36-18(3)26)25(37-19(4)27)23(33-15-32-22)14-35-39(30,31)21-11-7-17(2)8-12-21/h5-12,22-25H,13-15H2,1-4H3/t22-,23-,24+,25+/m0/s1. The predicted octanol–water partition coefficient (Wildman–Crippen LogP) is 2.02. The van der Waals surface area contributed by atoms with Crippen LogP contribution in [0.1, 0.15) is 25.0 Å². The van der Waals surface area contributed by atoms with Crippen molar-refractivity contribution in [3.8, 4) is 0 Å². The number of hydrogen-bond donors (Lipinski definition) is 0. The van der Waals surface area contributed by atoms with Crippen LogP contribution in [-0.2, 0) is 57.1 Å². The average molecular weight is 587 g/mol. The largest absolute Gasteiger partial charge is 0.456 e. The fourth-order valence-corrected chi connectivity index (χ4v) is 5.48. The van der Waals surface area contributed by atoms with Gasteiger partial charge in [-0.05, 0) is 38.1 Å². The van der Waals surface area contributed by atoms with E-state index >= 15 is 0 Å². The molecule has 0 unspecified atom stereocenters. The molecule has 2 aromatic carbocycles. The molecule has 3 rings (SSSR count). The van der Waals surface area contributed by atoms with E-state index in [2.05, 4.69) is 0 Å². The van der Waals surface area contributed by atoms with Gasteiger partial charge in [-0.15, -0.1) is 0 Å². The van der Waals surface area contributed by atoms with E-state index in [1.165, 1.54) is 24.3 Å². The van der Waals surface area contributed by atoms with Crippen molar-refractivity contribution in [1.82, 2.24) is 0 Å². The minimum absolute atomic E-state index is 0.105. The molecule has 0 aliphatic carbocycles. The molecule has 0 bridgehead atoms. The molecular weight excluding hydrogens is 556 g/mol. The van der Waals surface area contributed by atoms with Gasteiger partial charge in [0.2, 0.25) is 0 Å². The summed E-state index contributed by atoms with van der Waals surface area (Å²) in [5.41, 5.74) is 1.69. The first kappa shape index (κ1) is 30.7. The van der Waals surface area contributed by atoms with Crippen LogP contribution in [0.3, 0.4) is 0 Å². The van der Waals surface area contributed by atoms with Gasteiger partial charge >= 0.3 is 11.9 Å². The molecule has 0 saturated carbocycles. The third-order valence-electron chi connectivity index (χ3n) is 5.62. The lowest BCUT2D eigenvalue weighted by atomic mass is 10.0. The third-order valence-corrected chi connectivity index (χ3v) is 8.21. The fraction of sp³-hybridized carbons (Fsp3) is 0.440. The monoisotopic (exact) mass is 586 g/mol. The highest BCUT2D eigenvalue weighted by molar-refractivity contribution is 7.87. The number of carbonyl (C=O) groups excluding carboxylic acids is 2. The zero-order chi connectivity index (χ0) is 28.8. The number of aryl methyl sites for hydroxylation is 2. The Morgan fingerprint density at radius 2 is 1.03 bits per heavy atom. The molecule has 0 spiro atoms. The number of ether oxygens (including phenoxy) is 4. The number of esters is 2. The van der Waals surface area contributed by atoms with Crippen LogP contribution in [-0.4, -0.2) is 73.2 Å². The summed E-state index contributed by atoms with van der Waals surface area (Å²) < 4.78 is 82.9. The zero-order valence-corrected chi connectivity index (χ0v) is 23.4. The van der Waals surface area contributed by atoms with E-state index in [-0.39, 0.29) is 9.79 Å². The van der Waals surface area contributed by atoms with Gasteiger partial charge in [0.05, 0.1) is 23.0 Å². The van der Waals surface area contributed by atoms with E-state index in [9.17, 15) is 26.4 Å². The Hall–Kier alpha value is -2.88. The molecule has 1 fully saturated rings. The summed E-state index contributed by atoms with van der Waals surface area (Å²) >= 11 is 0. The molecule has 14 heteroatoms. The quantitative estimate of drug-likeness (QED) is 0.295. The highest BCUT2D eigenvalue weighted by atomic mass is 32.2. The Morgan fingerprint density at radius 3 is 1.33 bits per heavy atom. The van der Waals surface area contributed by atoms with Gasteiger partial charge in [0.1, 0.15) is 19.0 Å². The van der Waals surface area contributed by atoms with Gasteiger partial charge in [-0.3, -0.25) is 18.0 Å². The maximum atomic E-state index is 12.7. The van der Waals surface area contributed by atoms with Crippen LogP contribution in [0.4, 0.5) is 0 Å². The van der Waals surface area contributed by atoms with E-state index in [0.29, 0.717) is 0 Å². The Labute approximate surface area is 227 Å². The summed E-state index contributed by atoms with van der Waals surface area (Å²) in [4.78, 5) is 23.7. The van der Waals surface area contributed by atoms with Gasteiger partial charge in [0.25, 0.3) is 20.2 Å². The van der Waals surface area contributed by atoms with Crippen LogP contribution >= 0.6 is 0 Å². The molecule has 0 N–H and O–H groups in total. The number of rotatable bonds is 10. The summed E-state index contributed by atoms with van der Waals surface area (Å²) in [6.07, 6.45) is -5.43. The van der Waals surface area contributed by atoms with E-state index in [0.717, 1.165) is 25.0 Å². The molecule has 0 amide bonds. The molecule has 2 aromatic rings. The smallest absolute Gasteiger partial charge is 0.303 e. The van der Waals surface area contributed by atoms with E-state index in [1.54, 1.807) is 38.1 Å². The highest BCUT2D eigenvalue weighted by Crippen LogP contribution is 2.25. The van der Waals surface area contributed by atoms with Crippen LogP contribution in [0.5, 0.6) is 0 Å². The average Bonchev–Trinajstić information content (AvgIpc) is 3.00. The normalized spacial score (nSPS) is 22.1. The molecule has 0 radical (unpaired) electrons. The van der Waals surface area contributed by atoms with Gasteiger partial charge < -0.3 is 18.9 Å². The summed E-state index contributed by atoms with van der Waals surface area (Å²) in [5.74, 6) is -1.61. The van der Waals surface area contributed by atoms with Crippen LogP contribution in [0, 0.1) is 13.8 Å². The molecule has 214 valence electrons. The van der Waals surface area contributed by atoms with Crippen LogP contribution in [0.15, 0.2) is 58.3 Å². The van der Waals surface area contributed by atoms with Gasteiger partial charge in [-0.1, -0.05) is 35.4 Å². The van der Waals surface area contributed by atoms with Gasteiger partial charge in [0, 0.05) is 13.8 Å². The number of carbonyl (C=O) groups is 2. The third kappa shape index (κ3) is 8.55. The lowest BCUT2D eigenvalue weighted by Gasteiger charge is -2.31. The Balaban J connectivity index is 1.83. The maximum absolute atomic E-state index is 12.7. The second-order valence-electron chi connectivity index (χ2n) is 8.78. The zero-order valence-electron chi connectivity index (χ0n) is 21.8. The van der Waals surface area contributed by atoms with Crippen molar-refractivity contribution in [2.24, 2.45) is 0 Å². The lowest BCUT2D eigenvalue weighted by Crippen LogP contribution is -2.51. The van der Waals surface area contributed by atoms with Crippen molar-refractivity contribution in [1.29, 1.82) is 0 Å². The van der Waals surface area contributed by atoms with Crippen molar-refractivity contribution in [2.45, 2.75) is 61.9 Å². The lowest BCUT2D eigenvalue weighted by molar-refractivity contribution is -0.180.